The third kappa shape index (κ3) is 3.84. The van der Waals surface area contributed by atoms with E-state index in [4.69, 9.17) is 9.78 Å². The zero-order valence-electron chi connectivity index (χ0n) is 16.5. The fourth-order valence-electron chi connectivity index (χ4n) is 4.44. The van der Waals surface area contributed by atoms with Gasteiger partial charge >= 0.3 is 0 Å². The highest BCUT2D eigenvalue weighted by Crippen LogP contribution is 2.53. The van der Waals surface area contributed by atoms with E-state index in [1.165, 1.54) is 24.3 Å². The van der Waals surface area contributed by atoms with Gasteiger partial charge in [-0.15, -0.1) is 0 Å². The molecule has 3 atom stereocenters. The highest BCUT2D eigenvalue weighted by atomic mass is 28.3. The SMILES string of the molecule is C[Si](C)(C)C[C@@H]1C[C@@H]2C=C(c3ccc(F)cc3)C[C@]2(c2ccc(F)cc2)OO1. The van der Waals surface area contributed by atoms with Gasteiger partial charge in [0, 0.05) is 20.4 Å². The molecule has 0 spiro atoms. The molecular formula is C23H26F2O2Si. The highest BCUT2D eigenvalue weighted by molar-refractivity contribution is 6.76. The maximum absolute atomic E-state index is 13.5. The van der Waals surface area contributed by atoms with Crippen LogP contribution in [0.4, 0.5) is 8.78 Å². The van der Waals surface area contributed by atoms with Crippen LogP contribution in [0.15, 0.2) is 54.6 Å². The fourth-order valence-corrected chi connectivity index (χ4v) is 6.04. The minimum absolute atomic E-state index is 0.0639. The molecule has 0 amide bonds. The van der Waals surface area contributed by atoms with Gasteiger partial charge in [-0.25, -0.2) is 18.6 Å². The molecule has 0 N–H and O–H groups in total. The van der Waals surface area contributed by atoms with Gasteiger partial charge in [0.1, 0.15) is 17.2 Å². The van der Waals surface area contributed by atoms with E-state index in [2.05, 4.69) is 25.7 Å². The first-order valence-electron chi connectivity index (χ1n) is 9.82. The molecule has 0 saturated carbocycles. The molecular weight excluding hydrogens is 374 g/mol. The first-order chi connectivity index (χ1) is 13.2. The number of hydrogen-bond donors (Lipinski definition) is 0. The van der Waals surface area contributed by atoms with Crippen LogP contribution in [0.3, 0.4) is 0 Å². The molecule has 2 aromatic rings. The summed E-state index contributed by atoms with van der Waals surface area (Å²) in [4.78, 5) is 12.0. The van der Waals surface area contributed by atoms with Crippen LogP contribution >= 0.6 is 0 Å². The van der Waals surface area contributed by atoms with Gasteiger partial charge in [0.2, 0.25) is 0 Å². The Morgan fingerprint density at radius 2 is 1.57 bits per heavy atom. The molecule has 1 aliphatic carbocycles. The summed E-state index contributed by atoms with van der Waals surface area (Å²) >= 11 is 0. The minimum Gasteiger partial charge on any atom is -0.233 e. The van der Waals surface area contributed by atoms with Crippen molar-refractivity contribution in [3.8, 4) is 0 Å². The number of halogens is 2. The van der Waals surface area contributed by atoms with Crippen LogP contribution in [-0.2, 0) is 15.4 Å². The molecule has 2 aliphatic rings. The van der Waals surface area contributed by atoms with Crippen LogP contribution in [0.1, 0.15) is 24.0 Å². The second-order valence-electron chi connectivity index (χ2n) is 9.18. The number of fused-ring (bicyclic) bond motifs is 1. The Bertz CT molecular complexity index is 871. The molecule has 28 heavy (non-hydrogen) atoms. The monoisotopic (exact) mass is 400 g/mol. The maximum atomic E-state index is 13.5. The topological polar surface area (TPSA) is 18.5 Å². The Morgan fingerprint density at radius 1 is 0.964 bits per heavy atom. The molecule has 0 bridgehead atoms. The molecule has 5 heteroatoms. The second-order valence-corrected chi connectivity index (χ2v) is 14.7. The lowest BCUT2D eigenvalue weighted by Gasteiger charge is -2.42. The van der Waals surface area contributed by atoms with Crippen molar-refractivity contribution in [2.45, 2.75) is 50.2 Å². The van der Waals surface area contributed by atoms with Crippen molar-refractivity contribution in [3.05, 3.63) is 77.4 Å². The lowest BCUT2D eigenvalue weighted by Crippen LogP contribution is -2.44. The lowest BCUT2D eigenvalue weighted by molar-refractivity contribution is -0.419. The van der Waals surface area contributed by atoms with Crippen LogP contribution in [0.2, 0.25) is 25.7 Å². The third-order valence-electron chi connectivity index (χ3n) is 5.69. The normalized spacial score (nSPS) is 27.4. The molecule has 0 radical (unpaired) electrons. The quantitative estimate of drug-likeness (QED) is 0.441. The van der Waals surface area contributed by atoms with E-state index in [1.54, 1.807) is 24.3 Å². The van der Waals surface area contributed by atoms with E-state index < -0.39 is 13.7 Å². The van der Waals surface area contributed by atoms with E-state index in [9.17, 15) is 8.78 Å². The summed E-state index contributed by atoms with van der Waals surface area (Å²) in [6, 6.07) is 14.1. The number of rotatable bonds is 4. The highest BCUT2D eigenvalue weighted by Gasteiger charge is 2.51. The van der Waals surface area contributed by atoms with Crippen molar-refractivity contribution >= 4 is 13.6 Å². The van der Waals surface area contributed by atoms with Crippen LogP contribution in [0.5, 0.6) is 0 Å². The van der Waals surface area contributed by atoms with Crippen LogP contribution in [-0.4, -0.2) is 14.2 Å². The van der Waals surface area contributed by atoms with E-state index in [0.29, 0.717) is 6.42 Å². The Balaban J connectivity index is 1.68. The summed E-state index contributed by atoms with van der Waals surface area (Å²) in [6.45, 7) is 6.98. The average Bonchev–Trinajstić information content (AvgIpc) is 3.01. The Kier molecular flexibility index (Phi) is 5.02. The Morgan fingerprint density at radius 3 is 2.18 bits per heavy atom. The smallest absolute Gasteiger partial charge is 0.139 e. The van der Waals surface area contributed by atoms with Gasteiger partial charge in [-0.2, -0.15) is 0 Å². The summed E-state index contributed by atoms with van der Waals surface area (Å²) in [5.41, 5.74) is 2.36. The Hall–Kier alpha value is -1.82. The minimum atomic E-state index is -1.30. The maximum Gasteiger partial charge on any atom is 0.139 e. The van der Waals surface area contributed by atoms with Crippen molar-refractivity contribution < 1.29 is 18.6 Å². The van der Waals surface area contributed by atoms with Crippen LogP contribution in [0, 0.1) is 17.6 Å². The van der Waals surface area contributed by atoms with Crippen molar-refractivity contribution in [3.63, 3.8) is 0 Å². The summed E-state index contributed by atoms with van der Waals surface area (Å²) in [6.07, 6.45) is 3.80. The first kappa shape index (κ1) is 19.5. The Labute approximate surface area is 166 Å². The molecule has 1 heterocycles. The third-order valence-corrected chi connectivity index (χ3v) is 7.37. The van der Waals surface area contributed by atoms with Crippen molar-refractivity contribution in [1.29, 1.82) is 0 Å². The summed E-state index contributed by atoms with van der Waals surface area (Å²) < 4.78 is 26.9. The van der Waals surface area contributed by atoms with Gasteiger partial charge in [-0.3, -0.25) is 0 Å². The van der Waals surface area contributed by atoms with Crippen molar-refractivity contribution in [2.75, 3.05) is 0 Å². The molecule has 1 aliphatic heterocycles. The van der Waals surface area contributed by atoms with E-state index in [-0.39, 0.29) is 23.7 Å². The molecule has 2 aromatic carbocycles. The first-order valence-corrected chi connectivity index (χ1v) is 13.5. The van der Waals surface area contributed by atoms with E-state index in [0.717, 1.165) is 29.2 Å². The predicted octanol–water partition coefficient (Wildman–Crippen LogP) is 6.32. The van der Waals surface area contributed by atoms with Gasteiger partial charge in [0.15, 0.2) is 0 Å². The molecule has 2 nitrogen and oxygen atoms in total. The summed E-state index contributed by atoms with van der Waals surface area (Å²) in [7, 11) is -1.30. The number of benzene rings is 2. The zero-order valence-corrected chi connectivity index (χ0v) is 17.5. The van der Waals surface area contributed by atoms with Crippen LogP contribution < -0.4 is 0 Å². The van der Waals surface area contributed by atoms with Gasteiger partial charge in [-0.1, -0.05) is 50.0 Å². The van der Waals surface area contributed by atoms with Crippen molar-refractivity contribution in [1.82, 2.24) is 0 Å². The second kappa shape index (κ2) is 7.21. The molecule has 0 unspecified atom stereocenters. The van der Waals surface area contributed by atoms with E-state index >= 15 is 0 Å². The average molecular weight is 401 g/mol. The van der Waals surface area contributed by atoms with Gasteiger partial charge in [0.25, 0.3) is 0 Å². The van der Waals surface area contributed by atoms with Gasteiger partial charge < -0.3 is 0 Å². The summed E-state index contributed by atoms with van der Waals surface area (Å²) in [5.74, 6) is -0.384. The van der Waals surface area contributed by atoms with Gasteiger partial charge in [0.05, 0.1) is 6.10 Å². The standard InChI is InChI=1S/C23H26F2O2Si/c1-28(2,3)15-22-13-19-12-17(16-4-8-20(24)9-5-16)14-23(19,27-26-22)18-6-10-21(25)11-7-18/h4-12,19,22H,13-15H2,1-3H3/t19-,22-,23+/m0/s1. The van der Waals surface area contributed by atoms with E-state index in [1.807, 2.05) is 0 Å². The van der Waals surface area contributed by atoms with Gasteiger partial charge in [-0.05, 0) is 53.4 Å². The largest absolute Gasteiger partial charge is 0.233 e. The van der Waals surface area contributed by atoms with Crippen LogP contribution in [0.25, 0.3) is 5.57 Å². The molecule has 4 rings (SSSR count). The zero-order chi connectivity index (χ0) is 19.9. The number of hydrogen-bond acceptors (Lipinski definition) is 2. The predicted molar refractivity (Wildman–Crippen MR) is 109 cm³/mol. The summed E-state index contributed by atoms with van der Waals surface area (Å²) in [5, 5.41) is 0. The molecule has 1 saturated heterocycles. The molecule has 1 fully saturated rings. The lowest BCUT2D eigenvalue weighted by atomic mass is 9.79. The molecule has 148 valence electrons. The molecule has 0 aromatic heterocycles. The fraction of sp³-hybridized carbons (Fsp3) is 0.391. The van der Waals surface area contributed by atoms with Crippen molar-refractivity contribution in [2.24, 2.45) is 5.92 Å².